The van der Waals surface area contributed by atoms with Gasteiger partial charge in [-0.15, -0.1) is 0 Å². The molecule has 1 amide bonds. The van der Waals surface area contributed by atoms with Crippen molar-refractivity contribution in [1.82, 2.24) is 10.2 Å². The Labute approximate surface area is 132 Å². The van der Waals surface area contributed by atoms with Crippen molar-refractivity contribution >= 4 is 5.91 Å². The molecule has 0 saturated carbocycles. The Morgan fingerprint density at radius 2 is 2.27 bits per heavy atom. The van der Waals surface area contributed by atoms with E-state index in [2.05, 4.69) is 41.4 Å². The molecule has 0 aromatic heterocycles. The summed E-state index contributed by atoms with van der Waals surface area (Å²) in [6, 6.07) is 9.05. The van der Waals surface area contributed by atoms with Crippen molar-refractivity contribution in [2.45, 2.75) is 44.7 Å². The standard InChI is InChI=1S/C18H26N2O2/c1-14-5-2-3-6-15(14)11-17-7-4-9-20(17)18(21)12-16-13-22-10-8-19-16/h2-3,5-6,16-17,19H,4,7-13H2,1H3. The van der Waals surface area contributed by atoms with E-state index >= 15 is 0 Å². The highest BCUT2D eigenvalue weighted by atomic mass is 16.5. The van der Waals surface area contributed by atoms with Crippen LogP contribution in [0.1, 0.15) is 30.4 Å². The van der Waals surface area contributed by atoms with E-state index in [-0.39, 0.29) is 11.9 Å². The molecule has 3 rings (SSSR count). The fourth-order valence-electron chi connectivity index (χ4n) is 3.55. The molecule has 2 heterocycles. The lowest BCUT2D eigenvalue weighted by Gasteiger charge is -2.29. The molecule has 4 heteroatoms. The Kier molecular flexibility index (Phi) is 5.11. The summed E-state index contributed by atoms with van der Waals surface area (Å²) in [7, 11) is 0. The summed E-state index contributed by atoms with van der Waals surface area (Å²) in [5.41, 5.74) is 2.69. The largest absolute Gasteiger partial charge is 0.378 e. The number of carbonyl (C=O) groups is 1. The molecule has 2 unspecified atom stereocenters. The minimum Gasteiger partial charge on any atom is -0.378 e. The van der Waals surface area contributed by atoms with Gasteiger partial charge in [0, 0.05) is 31.6 Å². The molecule has 2 aliphatic heterocycles. The number of hydrogen-bond donors (Lipinski definition) is 1. The van der Waals surface area contributed by atoms with E-state index in [9.17, 15) is 4.79 Å². The number of morpholine rings is 1. The molecular weight excluding hydrogens is 276 g/mol. The number of carbonyl (C=O) groups excluding carboxylic acids is 1. The third-order valence-corrected chi connectivity index (χ3v) is 4.83. The predicted octanol–water partition coefficient (Wildman–Crippen LogP) is 1.91. The normalized spacial score (nSPS) is 25.4. The molecule has 2 saturated heterocycles. The molecule has 4 nitrogen and oxygen atoms in total. The van der Waals surface area contributed by atoms with Crippen LogP contribution in [0.5, 0.6) is 0 Å². The minimum atomic E-state index is 0.181. The number of nitrogens with one attached hydrogen (secondary N) is 1. The maximum Gasteiger partial charge on any atom is 0.224 e. The van der Waals surface area contributed by atoms with Gasteiger partial charge in [-0.25, -0.2) is 0 Å². The molecule has 2 atom stereocenters. The second kappa shape index (κ2) is 7.25. The van der Waals surface area contributed by atoms with Gasteiger partial charge in [0.2, 0.25) is 5.91 Å². The van der Waals surface area contributed by atoms with Crippen molar-refractivity contribution in [1.29, 1.82) is 0 Å². The molecule has 2 fully saturated rings. The predicted molar refractivity (Wildman–Crippen MR) is 86.8 cm³/mol. The van der Waals surface area contributed by atoms with Crippen molar-refractivity contribution in [3.05, 3.63) is 35.4 Å². The molecule has 120 valence electrons. The van der Waals surface area contributed by atoms with Gasteiger partial charge < -0.3 is 15.0 Å². The fraction of sp³-hybridized carbons (Fsp3) is 0.611. The van der Waals surface area contributed by atoms with Gasteiger partial charge in [0.05, 0.1) is 13.2 Å². The first kappa shape index (κ1) is 15.5. The Morgan fingerprint density at radius 1 is 1.41 bits per heavy atom. The van der Waals surface area contributed by atoms with Gasteiger partial charge in [-0.2, -0.15) is 0 Å². The Bertz CT molecular complexity index is 512. The van der Waals surface area contributed by atoms with Crippen LogP contribution in [-0.4, -0.2) is 49.2 Å². The van der Waals surface area contributed by atoms with Crippen molar-refractivity contribution in [2.75, 3.05) is 26.3 Å². The number of likely N-dealkylation sites (tertiary alicyclic amines) is 1. The van der Waals surface area contributed by atoms with Crippen LogP contribution in [0.15, 0.2) is 24.3 Å². The molecule has 1 aromatic rings. The first-order chi connectivity index (χ1) is 10.7. The van der Waals surface area contributed by atoms with Crippen LogP contribution in [0.25, 0.3) is 0 Å². The molecule has 2 aliphatic rings. The Hall–Kier alpha value is -1.39. The van der Waals surface area contributed by atoms with Crippen LogP contribution in [-0.2, 0) is 16.0 Å². The lowest BCUT2D eigenvalue weighted by molar-refractivity contribution is -0.133. The van der Waals surface area contributed by atoms with Gasteiger partial charge in [-0.1, -0.05) is 24.3 Å². The van der Waals surface area contributed by atoms with E-state index in [0.717, 1.165) is 39.0 Å². The molecule has 0 spiro atoms. The van der Waals surface area contributed by atoms with E-state index in [1.165, 1.54) is 11.1 Å². The van der Waals surface area contributed by atoms with Crippen LogP contribution in [0.2, 0.25) is 0 Å². The molecule has 1 N–H and O–H groups in total. The van der Waals surface area contributed by atoms with Gasteiger partial charge in [-0.3, -0.25) is 4.79 Å². The maximum atomic E-state index is 12.6. The van der Waals surface area contributed by atoms with E-state index in [1.807, 2.05) is 0 Å². The number of nitrogens with zero attached hydrogens (tertiary/aromatic N) is 1. The quantitative estimate of drug-likeness (QED) is 0.924. The third kappa shape index (κ3) is 3.68. The van der Waals surface area contributed by atoms with E-state index < -0.39 is 0 Å². The van der Waals surface area contributed by atoms with Crippen molar-refractivity contribution in [3.63, 3.8) is 0 Å². The minimum absolute atomic E-state index is 0.181. The summed E-state index contributed by atoms with van der Waals surface area (Å²) < 4.78 is 5.45. The highest BCUT2D eigenvalue weighted by Gasteiger charge is 2.30. The monoisotopic (exact) mass is 302 g/mol. The van der Waals surface area contributed by atoms with Crippen LogP contribution in [0, 0.1) is 6.92 Å². The summed E-state index contributed by atoms with van der Waals surface area (Å²) in [6.07, 6.45) is 3.78. The zero-order valence-corrected chi connectivity index (χ0v) is 13.4. The van der Waals surface area contributed by atoms with Gasteiger partial charge in [-0.05, 0) is 37.3 Å². The highest BCUT2D eigenvalue weighted by molar-refractivity contribution is 5.77. The topological polar surface area (TPSA) is 41.6 Å². The Balaban J connectivity index is 1.60. The first-order valence-corrected chi connectivity index (χ1v) is 8.39. The lowest BCUT2D eigenvalue weighted by atomic mass is 9.99. The molecule has 1 aromatic carbocycles. The summed E-state index contributed by atoms with van der Waals surface area (Å²) in [5.74, 6) is 0.277. The van der Waals surface area contributed by atoms with E-state index in [1.54, 1.807) is 0 Å². The zero-order chi connectivity index (χ0) is 15.4. The number of ether oxygens (including phenoxy) is 1. The zero-order valence-electron chi connectivity index (χ0n) is 13.4. The molecular formula is C18H26N2O2. The summed E-state index contributed by atoms with van der Waals surface area (Å²) in [4.78, 5) is 14.7. The fourth-order valence-corrected chi connectivity index (χ4v) is 3.55. The summed E-state index contributed by atoms with van der Waals surface area (Å²) >= 11 is 0. The maximum absolute atomic E-state index is 12.6. The molecule has 0 aliphatic carbocycles. The lowest BCUT2D eigenvalue weighted by Crippen LogP contribution is -2.46. The van der Waals surface area contributed by atoms with E-state index in [0.29, 0.717) is 19.1 Å². The third-order valence-electron chi connectivity index (χ3n) is 4.83. The van der Waals surface area contributed by atoms with Gasteiger partial charge in [0.25, 0.3) is 0 Å². The highest BCUT2D eigenvalue weighted by Crippen LogP contribution is 2.23. The van der Waals surface area contributed by atoms with Gasteiger partial charge in [0.15, 0.2) is 0 Å². The number of aryl methyl sites for hydroxylation is 1. The first-order valence-electron chi connectivity index (χ1n) is 8.39. The van der Waals surface area contributed by atoms with Crippen LogP contribution in [0.4, 0.5) is 0 Å². The van der Waals surface area contributed by atoms with Crippen LogP contribution in [0.3, 0.4) is 0 Å². The Morgan fingerprint density at radius 3 is 3.05 bits per heavy atom. The summed E-state index contributed by atoms with van der Waals surface area (Å²) in [5, 5.41) is 3.37. The van der Waals surface area contributed by atoms with E-state index in [4.69, 9.17) is 4.74 Å². The SMILES string of the molecule is Cc1ccccc1CC1CCCN1C(=O)CC1COCCN1. The second-order valence-corrected chi connectivity index (χ2v) is 6.44. The number of benzene rings is 1. The van der Waals surface area contributed by atoms with Crippen LogP contribution < -0.4 is 5.32 Å². The number of rotatable bonds is 4. The van der Waals surface area contributed by atoms with Crippen molar-refractivity contribution in [2.24, 2.45) is 0 Å². The molecule has 22 heavy (non-hydrogen) atoms. The average Bonchev–Trinajstić information content (AvgIpc) is 2.99. The van der Waals surface area contributed by atoms with Gasteiger partial charge >= 0.3 is 0 Å². The number of amides is 1. The molecule has 0 radical (unpaired) electrons. The molecule has 0 bridgehead atoms. The smallest absolute Gasteiger partial charge is 0.224 e. The van der Waals surface area contributed by atoms with Crippen molar-refractivity contribution in [3.8, 4) is 0 Å². The average molecular weight is 302 g/mol. The van der Waals surface area contributed by atoms with Crippen LogP contribution >= 0.6 is 0 Å². The van der Waals surface area contributed by atoms with Crippen molar-refractivity contribution < 1.29 is 9.53 Å². The summed E-state index contributed by atoms with van der Waals surface area (Å²) in [6.45, 7) is 5.32. The van der Waals surface area contributed by atoms with Gasteiger partial charge in [0.1, 0.15) is 0 Å². The second-order valence-electron chi connectivity index (χ2n) is 6.44. The number of hydrogen-bond acceptors (Lipinski definition) is 3.